The standard InChI is InChI=1S/C16H22N4O2S/c1-11(2)19-9-10-20(15-8-6-5-7-14(15)19)23(21,22)16-12(3)17-18-13(16)4/h5-8,11H,9-10H2,1-4H3,(H,17,18). The summed E-state index contributed by atoms with van der Waals surface area (Å²) in [5, 5.41) is 6.80. The number of aromatic nitrogens is 2. The van der Waals surface area contributed by atoms with Crippen LogP contribution in [0.1, 0.15) is 25.2 Å². The number of hydrogen-bond donors (Lipinski definition) is 1. The van der Waals surface area contributed by atoms with Crippen molar-refractivity contribution < 1.29 is 8.42 Å². The van der Waals surface area contributed by atoms with Crippen molar-refractivity contribution in [1.29, 1.82) is 0 Å². The summed E-state index contributed by atoms with van der Waals surface area (Å²) in [4.78, 5) is 2.52. The Kier molecular flexibility index (Phi) is 3.83. The number of sulfonamides is 1. The molecule has 1 N–H and O–H groups in total. The van der Waals surface area contributed by atoms with Gasteiger partial charge in [-0.3, -0.25) is 9.40 Å². The molecule has 124 valence electrons. The Morgan fingerprint density at radius 1 is 1.13 bits per heavy atom. The average Bonchev–Trinajstić information content (AvgIpc) is 2.85. The number of aryl methyl sites for hydroxylation is 2. The van der Waals surface area contributed by atoms with Crippen LogP contribution in [-0.4, -0.2) is 37.7 Å². The minimum atomic E-state index is -3.63. The lowest BCUT2D eigenvalue weighted by atomic mass is 10.1. The molecule has 1 aromatic carbocycles. The largest absolute Gasteiger partial charge is 0.366 e. The van der Waals surface area contributed by atoms with Crippen LogP contribution in [0, 0.1) is 13.8 Å². The molecule has 0 saturated carbocycles. The molecule has 1 aliphatic rings. The first-order valence-electron chi connectivity index (χ1n) is 7.74. The number of para-hydroxylation sites is 2. The summed E-state index contributed by atoms with van der Waals surface area (Å²) >= 11 is 0. The maximum atomic E-state index is 13.2. The van der Waals surface area contributed by atoms with Gasteiger partial charge in [-0.05, 0) is 39.8 Å². The van der Waals surface area contributed by atoms with Crippen molar-refractivity contribution in [3.8, 4) is 0 Å². The van der Waals surface area contributed by atoms with Crippen LogP contribution in [0.3, 0.4) is 0 Å². The number of nitrogens with zero attached hydrogens (tertiary/aromatic N) is 3. The summed E-state index contributed by atoms with van der Waals surface area (Å²) in [6, 6.07) is 7.98. The lowest BCUT2D eigenvalue weighted by Crippen LogP contribution is -2.46. The third kappa shape index (κ3) is 2.49. The SMILES string of the molecule is Cc1n[nH]c(C)c1S(=O)(=O)N1CCN(C(C)C)c2ccccc21. The third-order valence-electron chi connectivity index (χ3n) is 4.24. The van der Waals surface area contributed by atoms with E-state index < -0.39 is 10.0 Å². The summed E-state index contributed by atoms with van der Waals surface area (Å²) in [7, 11) is -3.63. The van der Waals surface area contributed by atoms with E-state index in [4.69, 9.17) is 0 Å². The van der Waals surface area contributed by atoms with Gasteiger partial charge in [-0.25, -0.2) is 8.42 Å². The molecule has 0 radical (unpaired) electrons. The second-order valence-electron chi connectivity index (χ2n) is 6.12. The molecule has 0 atom stereocenters. The Balaban J connectivity index is 2.13. The van der Waals surface area contributed by atoms with E-state index >= 15 is 0 Å². The molecule has 2 heterocycles. The Morgan fingerprint density at radius 3 is 2.35 bits per heavy atom. The van der Waals surface area contributed by atoms with Gasteiger partial charge >= 0.3 is 0 Å². The Morgan fingerprint density at radius 2 is 1.78 bits per heavy atom. The Bertz CT molecular complexity index is 807. The van der Waals surface area contributed by atoms with E-state index in [9.17, 15) is 8.42 Å². The highest BCUT2D eigenvalue weighted by Crippen LogP contribution is 2.37. The fourth-order valence-electron chi connectivity index (χ4n) is 3.17. The van der Waals surface area contributed by atoms with Gasteiger partial charge < -0.3 is 4.90 Å². The van der Waals surface area contributed by atoms with Crippen LogP contribution in [-0.2, 0) is 10.0 Å². The molecule has 1 aliphatic heterocycles. The molecule has 0 fully saturated rings. The first-order valence-corrected chi connectivity index (χ1v) is 9.18. The van der Waals surface area contributed by atoms with E-state index in [1.807, 2.05) is 24.3 Å². The van der Waals surface area contributed by atoms with Gasteiger partial charge in [0.05, 0.1) is 29.3 Å². The Labute approximate surface area is 137 Å². The molecule has 6 nitrogen and oxygen atoms in total. The topological polar surface area (TPSA) is 69.3 Å². The summed E-state index contributed by atoms with van der Waals surface area (Å²) in [5.74, 6) is 0. The summed E-state index contributed by atoms with van der Waals surface area (Å²) in [6.07, 6.45) is 0. The normalized spacial score (nSPS) is 15.2. The van der Waals surface area contributed by atoms with Gasteiger partial charge in [0.2, 0.25) is 0 Å². The van der Waals surface area contributed by atoms with Crippen molar-refractivity contribution in [2.24, 2.45) is 0 Å². The van der Waals surface area contributed by atoms with Crippen molar-refractivity contribution >= 4 is 21.4 Å². The molecule has 0 amide bonds. The zero-order valence-corrected chi connectivity index (χ0v) is 14.7. The number of hydrogen-bond acceptors (Lipinski definition) is 4. The van der Waals surface area contributed by atoms with Crippen LogP contribution >= 0.6 is 0 Å². The van der Waals surface area contributed by atoms with Crippen LogP contribution in [0.25, 0.3) is 0 Å². The summed E-state index contributed by atoms with van der Waals surface area (Å²) < 4.78 is 27.9. The predicted molar refractivity (Wildman–Crippen MR) is 91.5 cm³/mol. The third-order valence-corrected chi connectivity index (χ3v) is 6.31. The van der Waals surface area contributed by atoms with Crippen LogP contribution < -0.4 is 9.21 Å². The number of fused-ring (bicyclic) bond motifs is 1. The lowest BCUT2D eigenvalue weighted by molar-refractivity contribution is 0.583. The summed E-state index contributed by atoms with van der Waals surface area (Å²) in [6.45, 7) is 8.79. The maximum absolute atomic E-state index is 13.2. The van der Waals surface area contributed by atoms with Gasteiger partial charge in [-0.2, -0.15) is 5.10 Å². The molecule has 2 aromatic rings. The second-order valence-corrected chi connectivity index (χ2v) is 7.92. The first-order chi connectivity index (χ1) is 10.8. The molecule has 3 rings (SSSR count). The Hall–Kier alpha value is -2.02. The van der Waals surface area contributed by atoms with Gasteiger partial charge in [0, 0.05) is 12.6 Å². The maximum Gasteiger partial charge on any atom is 0.268 e. The van der Waals surface area contributed by atoms with Crippen molar-refractivity contribution in [3.63, 3.8) is 0 Å². The fourth-order valence-corrected chi connectivity index (χ4v) is 4.98. The lowest BCUT2D eigenvalue weighted by Gasteiger charge is -2.40. The van der Waals surface area contributed by atoms with Gasteiger partial charge in [0.1, 0.15) is 4.90 Å². The molecule has 23 heavy (non-hydrogen) atoms. The van der Waals surface area contributed by atoms with E-state index in [0.29, 0.717) is 30.5 Å². The highest BCUT2D eigenvalue weighted by Gasteiger charge is 2.35. The average molecular weight is 334 g/mol. The number of H-pyrrole nitrogens is 1. The predicted octanol–water partition coefficient (Wildman–Crippen LogP) is 2.45. The van der Waals surface area contributed by atoms with E-state index in [1.165, 1.54) is 4.31 Å². The van der Waals surface area contributed by atoms with Gasteiger partial charge in [0.25, 0.3) is 10.0 Å². The minimum Gasteiger partial charge on any atom is -0.366 e. The number of rotatable bonds is 3. The second kappa shape index (κ2) is 5.56. The van der Waals surface area contributed by atoms with Crippen LogP contribution in [0.5, 0.6) is 0 Å². The zero-order chi connectivity index (χ0) is 16.8. The zero-order valence-electron chi connectivity index (χ0n) is 13.9. The van der Waals surface area contributed by atoms with Crippen molar-refractivity contribution in [2.45, 2.75) is 38.6 Å². The molecule has 0 aliphatic carbocycles. The van der Waals surface area contributed by atoms with Crippen LogP contribution in [0.2, 0.25) is 0 Å². The van der Waals surface area contributed by atoms with Crippen molar-refractivity contribution in [1.82, 2.24) is 10.2 Å². The van der Waals surface area contributed by atoms with E-state index in [2.05, 4.69) is 28.9 Å². The molecular formula is C16H22N4O2S. The highest BCUT2D eigenvalue weighted by atomic mass is 32.2. The monoisotopic (exact) mass is 334 g/mol. The first kappa shape index (κ1) is 15.9. The fraction of sp³-hybridized carbons (Fsp3) is 0.438. The molecular weight excluding hydrogens is 312 g/mol. The van der Waals surface area contributed by atoms with E-state index in [-0.39, 0.29) is 4.90 Å². The smallest absolute Gasteiger partial charge is 0.268 e. The van der Waals surface area contributed by atoms with Gasteiger partial charge in [-0.1, -0.05) is 12.1 Å². The molecule has 0 saturated heterocycles. The highest BCUT2D eigenvalue weighted by molar-refractivity contribution is 7.93. The minimum absolute atomic E-state index is 0.283. The number of nitrogens with one attached hydrogen (secondary N) is 1. The summed E-state index contributed by atoms with van der Waals surface area (Å²) in [5.41, 5.74) is 2.76. The van der Waals surface area contributed by atoms with Crippen molar-refractivity contribution in [2.75, 3.05) is 22.3 Å². The van der Waals surface area contributed by atoms with Crippen molar-refractivity contribution in [3.05, 3.63) is 35.7 Å². The number of anilines is 2. The van der Waals surface area contributed by atoms with Gasteiger partial charge in [0.15, 0.2) is 0 Å². The molecule has 7 heteroatoms. The molecule has 0 bridgehead atoms. The van der Waals surface area contributed by atoms with Crippen LogP contribution in [0.4, 0.5) is 11.4 Å². The number of benzene rings is 1. The molecule has 1 aromatic heterocycles. The molecule has 0 unspecified atom stereocenters. The number of aromatic amines is 1. The van der Waals surface area contributed by atoms with Gasteiger partial charge in [-0.15, -0.1) is 0 Å². The van der Waals surface area contributed by atoms with E-state index in [1.54, 1.807) is 13.8 Å². The molecule has 0 spiro atoms. The van der Waals surface area contributed by atoms with E-state index in [0.717, 1.165) is 11.4 Å². The van der Waals surface area contributed by atoms with Crippen LogP contribution in [0.15, 0.2) is 29.2 Å². The quantitative estimate of drug-likeness (QED) is 0.936.